The minimum absolute atomic E-state index is 0.0325. The van der Waals surface area contributed by atoms with E-state index >= 15 is 0 Å². The zero-order valence-corrected chi connectivity index (χ0v) is 14.6. The fourth-order valence-corrected chi connectivity index (χ4v) is 2.68. The van der Waals surface area contributed by atoms with Crippen molar-refractivity contribution < 1.29 is 13.7 Å². The Labute approximate surface area is 140 Å². The molecule has 1 unspecified atom stereocenters. The summed E-state index contributed by atoms with van der Waals surface area (Å²) >= 11 is -1.12. The fourth-order valence-electron chi connectivity index (χ4n) is 1.87. The molecular weight excluding hydrogens is 313 g/mol. The van der Waals surface area contributed by atoms with Gasteiger partial charge in [0.2, 0.25) is 0 Å². The molecule has 0 aliphatic carbocycles. The Kier molecular flexibility index (Phi) is 5.68. The first-order valence-corrected chi connectivity index (χ1v) is 8.62. The van der Waals surface area contributed by atoms with Gasteiger partial charge in [-0.25, -0.2) is 4.39 Å². The lowest BCUT2D eigenvalue weighted by molar-refractivity contribution is 0.480. The minimum Gasteiger partial charge on any atom is -0.598 e. The summed E-state index contributed by atoms with van der Waals surface area (Å²) in [5.41, 5.74) is 1.02. The van der Waals surface area contributed by atoms with Gasteiger partial charge >= 0.3 is 0 Å². The third-order valence-corrected chi connectivity index (χ3v) is 4.95. The molecule has 0 heterocycles. The summed E-state index contributed by atoms with van der Waals surface area (Å²) in [6.45, 7) is 7.77. The summed E-state index contributed by atoms with van der Waals surface area (Å²) in [5, 5.41) is 0. The van der Waals surface area contributed by atoms with Crippen LogP contribution in [0.2, 0.25) is 0 Å². The molecule has 2 rings (SSSR count). The maximum atomic E-state index is 12.9. The van der Waals surface area contributed by atoms with Crippen molar-refractivity contribution in [1.29, 1.82) is 0 Å². The smallest absolute Gasteiger partial charge is 0.136 e. The Morgan fingerprint density at radius 3 is 1.96 bits per heavy atom. The van der Waals surface area contributed by atoms with Crippen molar-refractivity contribution in [1.82, 2.24) is 4.72 Å². The molecule has 0 radical (unpaired) electrons. The van der Waals surface area contributed by atoms with Gasteiger partial charge < -0.3 is 9.29 Å². The number of hydrogen-bond acceptors (Lipinski definition) is 3. The van der Waals surface area contributed by atoms with E-state index in [1.807, 2.05) is 52.0 Å². The lowest BCUT2D eigenvalue weighted by Crippen LogP contribution is -2.40. The third kappa shape index (κ3) is 5.23. The van der Waals surface area contributed by atoms with E-state index in [9.17, 15) is 8.94 Å². The normalized spacial score (nSPS) is 14.3. The molecule has 3 nitrogen and oxygen atoms in total. The van der Waals surface area contributed by atoms with Crippen molar-refractivity contribution in [2.75, 3.05) is 0 Å². The highest BCUT2D eigenvalue weighted by Gasteiger charge is 2.28. The Morgan fingerprint density at radius 1 is 1.00 bits per heavy atom. The van der Waals surface area contributed by atoms with E-state index < -0.39 is 11.4 Å². The van der Waals surface area contributed by atoms with Crippen LogP contribution in [0.1, 0.15) is 39.3 Å². The minimum atomic E-state index is -1.12. The number of nitrogens with one attached hydrogen (secondary N) is 1. The molecule has 0 saturated heterocycles. The highest BCUT2D eigenvalue weighted by molar-refractivity contribution is 7.90. The average Bonchev–Trinajstić information content (AvgIpc) is 2.49. The van der Waals surface area contributed by atoms with Crippen LogP contribution in [0.5, 0.6) is 11.5 Å². The van der Waals surface area contributed by atoms with Gasteiger partial charge in [-0.15, -0.1) is 4.72 Å². The second-order valence-corrected chi connectivity index (χ2v) is 8.34. The van der Waals surface area contributed by atoms with Crippen LogP contribution < -0.4 is 9.46 Å². The number of halogens is 1. The highest BCUT2D eigenvalue weighted by atomic mass is 32.2. The van der Waals surface area contributed by atoms with Gasteiger partial charge in [-0.05, 0) is 69.7 Å². The van der Waals surface area contributed by atoms with Gasteiger partial charge in [0.05, 0.1) is 6.04 Å². The first-order valence-electron chi connectivity index (χ1n) is 7.47. The standard InChI is InChI=1S/C18H22FNO2S/c1-13(20-23(21)18(2,3)4)14-5-9-16(10-6-14)22-17-11-7-15(19)8-12-17/h5-13,20H,1-4H3/t13-,23?/m0/s1. The highest BCUT2D eigenvalue weighted by Crippen LogP contribution is 2.25. The van der Waals surface area contributed by atoms with E-state index in [0.29, 0.717) is 11.5 Å². The molecule has 5 heteroatoms. The quantitative estimate of drug-likeness (QED) is 0.803. The number of hydrogen-bond donors (Lipinski definition) is 1. The molecule has 23 heavy (non-hydrogen) atoms. The van der Waals surface area contributed by atoms with Gasteiger partial charge in [0.15, 0.2) is 0 Å². The van der Waals surface area contributed by atoms with Crippen molar-refractivity contribution in [3.8, 4) is 11.5 Å². The summed E-state index contributed by atoms with van der Waals surface area (Å²) in [4.78, 5) is 0. The van der Waals surface area contributed by atoms with Crippen LogP contribution in [0.15, 0.2) is 48.5 Å². The summed E-state index contributed by atoms with van der Waals surface area (Å²) in [6.07, 6.45) is 0. The monoisotopic (exact) mass is 335 g/mol. The van der Waals surface area contributed by atoms with Gasteiger partial charge in [-0.2, -0.15) is 0 Å². The van der Waals surface area contributed by atoms with Crippen LogP contribution in [0.4, 0.5) is 4.39 Å². The van der Waals surface area contributed by atoms with Crippen molar-refractivity contribution in [2.45, 2.75) is 38.5 Å². The Bertz CT molecular complexity index is 623. The fraction of sp³-hybridized carbons (Fsp3) is 0.333. The predicted molar refractivity (Wildman–Crippen MR) is 92.4 cm³/mol. The van der Waals surface area contributed by atoms with Crippen molar-refractivity contribution in [3.05, 3.63) is 59.9 Å². The Morgan fingerprint density at radius 2 is 1.48 bits per heavy atom. The van der Waals surface area contributed by atoms with E-state index in [-0.39, 0.29) is 16.6 Å². The van der Waals surface area contributed by atoms with E-state index in [0.717, 1.165) is 5.56 Å². The second kappa shape index (κ2) is 7.34. The summed E-state index contributed by atoms with van der Waals surface area (Å²) in [5.74, 6) is 0.961. The first kappa shape index (κ1) is 17.8. The number of benzene rings is 2. The molecule has 0 aliphatic rings. The molecule has 2 atom stereocenters. The number of rotatable bonds is 5. The third-order valence-electron chi connectivity index (χ3n) is 3.27. The van der Waals surface area contributed by atoms with Crippen LogP contribution in [-0.2, 0) is 11.4 Å². The molecule has 124 valence electrons. The zero-order valence-electron chi connectivity index (χ0n) is 13.8. The Balaban J connectivity index is 2.00. The van der Waals surface area contributed by atoms with Gasteiger partial charge in [0, 0.05) is 11.4 Å². The molecule has 2 aromatic rings. The van der Waals surface area contributed by atoms with Crippen molar-refractivity contribution in [2.24, 2.45) is 0 Å². The van der Waals surface area contributed by atoms with E-state index in [4.69, 9.17) is 4.74 Å². The van der Waals surface area contributed by atoms with Crippen LogP contribution in [-0.4, -0.2) is 9.30 Å². The van der Waals surface area contributed by atoms with Gasteiger partial charge in [-0.3, -0.25) is 0 Å². The number of ether oxygens (including phenoxy) is 1. The summed E-state index contributed by atoms with van der Waals surface area (Å²) in [6, 6.07) is 13.4. The van der Waals surface area contributed by atoms with Crippen LogP contribution in [0.25, 0.3) is 0 Å². The zero-order chi connectivity index (χ0) is 17.0. The van der Waals surface area contributed by atoms with Crippen molar-refractivity contribution >= 4 is 11.4 Å². The molecule has 2 aromatic carbocycles. The lowest BCUT2D eigenvalue weighted by Gasteiger charge is -2.26. The summed E-state index contributed by atoms with van der Waals surface area (Å²) < 4.78 is 33.4. The van der Waals surface area contributed by atoms with Gasteiger partial charge in [0.1, 0.15) is 22.1 Å². The van der Waals surface area contributed by atoms with Crippen LogP contribution in [0.3, 0.4) is 0 Å². The largest absolute Gasteiger partial charge is 0.598 e. The van der Waals surface area contributed by atoms with E-state index in [1.54, 1.807) is 12.1 Å². The SMILES string of the molecule is C[C@H](N[S+]([O-])C(C)(C)C)c1ccc(Oc2ccc(F)cc2)cc1. The average molecular weight is 335 g/mol. The van der Waals surface area contributed by atoms with Crippen molar-refractivity contribution in [3.63, 3.8) is 0 Å². The molecule has 0 aromatic heterocycles. The van der Waals surface area contributed by atoms with Gasteiger partial charge in [-0.1, -0.05) is 12.1 Å². The second-order valence-electron chi connectivity index (χ2n) is 6.35. The molecule has 0 bridgehead atoms. The van der Waals surface area contributed by atoms with E-state index in [1.165, 1.54) is 12.1 Å². The molecule has 1 N–H and O–H groups in total. The topological polar surface area (TPSA) is 44.3 Å². The Hall–Kier alpha value is -1.56. The molecule has 0 aliphatic heterocycles. The van der Waals surface area contributed by atoms with Gasteiger partial charge in [0.25, 0.3) is 0 Å². The molecule has 0 spiro atoms. The predicted octanol–water partition coefficient (Wildman–Crippen LogP) is 4.73. The van der Waals surface area contributed by atoms with E-state index in [2.05, 4.69) is 4.72 Å². The summed E-state index contributed by atoms with van der Waals surface area (Å²) in [7, 11) is 0. The molecular formula is C18H22FNO2S. The van der Waals surface area contributed by atoms with Crippen LogP contribution in [0, 0.1) is 5.82 Å². The molecule has 0 saturated carbocycles. The maximum Gasteiger partial charge on any atom is 0.136 e. The molecule has 0 amide bonds. The lowest BCUT2D eigenvalue weighted by atomic mass is 10.1. The molecule has 0 fully saturated rings. The maximum absolute atomic E-state index is 12.9. The van der Waals surface area contributed by atoms with Crippen LogP contribution >= 0.6 is 0 Å². The first-order chi connectivity index (χ1) is 10.8.